The first-order valence-electron chi connectivity index (χ1n) is 8.96. The van der Waals surface area contributed by atoms with E-state index in [4.69, 9.17) is 9.84 Å². The summed E-state index contributed by atoms with van der Waals surface area (Å²) >= 11 is 0. The molecule has 2 aliphatic heterocycles. The van der Waals surface area contributed by atoms with Gasteiger partial charge in [-0.2, -0.15) is 9.40 Å². The van der Waals surface area contributed by atoms with Crippen molar-refractivity contribution >= 4 is 15.7 Å². The van der Waals surface area contributed by atoms with Crippen molar-refractivity contribution in [2.45, 2.75) is 31.3 Å². The quantitative estimate of drug-likeness (QED) is 0.693. The lowest BCUT2D eigenvalue weighted by atomic mass is 10.0. The highest BCUT2D eigenvalue weighted by atomic mass is 32.2. The molecule has 2 aromatic heterocycles. The predicted molar refractivity (Wildman–Crippen MR) is 101 cm³/mol. The molecule has 4 heterocycles. The number of hydrogen-bond donors (Lipinski definition) is 0. The van der Waals surface area contributed by atoms with E-state index in [9.17, 15) is 8.42 Å². The normalized spacial score (nSPS) is 22.1. The maximum atomic E-state index is 12.2. The minimum atomic E-state index is -3.24. The van der Waals surface area contributed by atoms with Gasteiger partial charge < -0.3 is 4.74 Å². The Balaban J connectivity index is 1.61. The third-order valence-corrected chi connectivity index (χ3v) is 6.93. The molecule has 2 bridgehead atoms. The SMILES string of the molecule is COc1ccc(-c2cc3ncc4c(n3n2)C[C@H]2CC[C@@H]4N2S(C)(=O)=O)cc1. The van der Waals surface area contributed by atoms with Gasteiger partial charge in [0.1, 0.15) is 5.75 Å². The maximum absolute atomic E-state index is 12.2. The zero-order valence-corrected chi connectivity index (χ0v) is 16.0. The van der Waals surface area contributed by atoms with Crippen LogP contribution < -0.4 is 4.74 Å². The summed E-state index contributed by atoms with van der Waals surface area (Å²) in [7, 11) is -1.60. The Morgan fingerprint density at radius 2 is 1.96 bits per heavy atom. The lowest BCUT2D eigenvalue weighted by Crippen LogP contribution is -2.42. The largest absolute Gasteiger partial charge is 0.497 e. The molecule has 0 spiro atoms. The molecule has 7 nitrogen and oxygen atoms in total. The third-order valence-electron chi connectivity index (χ3n) is 5.61. The van der Waals surface area contributed by atoms with E-state index in [1.54, 1.807) is 11.4 Å². The number of hydrogen-bond acceptors (Lipinski definition) is 5. The molecule has 2 atom stereocenters. The van der Waals surface area contributed by atoms with Gasteiger partial charge in [0.15, 0.2) is 5.65 Å². The molecule has 8 heteroatoms. The first kappa shape index (κ1) is 16.7. The maximum Gasteiger partial charge on any atom is 0.212 e. The average molecular weight is 384 g/mol. The molecule has 0 radical (unpaired) electrons. The fourth-order valence-electron chi connectivity index (χ4n) is 4.45. The highest BCUT2D eigenvalue weighted by Gasteiger charge is 2.45. The second-order valence-corrected chi connectivity index (χ2v) is 9.12. The van der Waals surface area contributed by atoms with Crippen LogP contribution in [-0.2, 0) is 16.4 Å². The molecular formula is C19H20N4O3S. The zero-order valence-electron chi connectivity index (χ0n) is 15.2. The van der Waals surface area contributed by atoms with Crippen molar-refractivity contribution in [3.63, 3.8) is 0 Å². The zero-order chi connectivity index (χ0) is 18.8. The third kappa shape index (κ3) is 2.55. The Hall–Kier alpha value is -2.45. The molecule has 3 aromatic rings. The summed E-state index contributed by atoms with van der Waals surface area (Å²) < 4.78 is 33.2. The number of aromatic nitrogens is 3. The predicted octanol–water partition coefficient (Wildman–Crippen LogP) is 2.43. The molecule has 140 valence electrons. The summed E-state index contributed by atoms with van der Waals surface area (Å²) in [5, 5.41) is 4.78. The van der Waals surface area contributed by atoms with E-state index in [-0.39, 0.29) is 12.1 Å². The fraction of sp³-hybridized carbons (Fsp3) is 0.368. The van der Waals surface area contributed by atoms with Crippen molar-refractivity contribution in [1.82, 2.24) is 18.9 Å². The minimum absolute atomic E-state index is 0.0109. The van der Waals surface area contributed by atoms with Crippen LogP contribution in [0.3, 0.4) is 0 Å². The van der Waals surface area contributed by atoms with Crippen LogP contribution in [0.4, 0.5) is 0 Å². The van der Waals surface area contributed by atoms with Crippen molar-refractivity contribution < 1.29 is 13.2 Å². The summed E-state index contributed by atoms with van der Waals surface area (Å²) in [6.45, 7) is 0. The molecule has 2 aliphatic rings. The molecular weight excluding hydrogens is 364 g/mol. The van der Waals surface area contributed by atoms with Crippen LogP contribution in [0.2, 0.25) is 0 Å². The van der Waals surface area contributed by atoms with E-state index in [0.717, 1.165) is 46.8 Å². The van der Waals surface area contributed by atoms with Crippen LogP contribution >= 0.6 is 0 Å². The van der Waals surface area contributed by atoms with Crippen LogP contribution in [0.1, 0.15) is 30.1 Å². The fourth-order valence-corrected chi connectivity index (χ4v) is 5.85. The van der Waals surface area contributed by atoms with Crippen LogP contribution in [0.15, 0.2) is 36.5 Å². The molecule has 0 aliphatic carbocycles. The molecule has 1 saturated heterocycles. The summed E-state index contributed by atoms with van der Waals surface area (Å²) in [6.07, 6.45) is 5.51. The van der Waals surface area contributed by atoms with Gasteiger partial charge in [0.05, 0.1) is 30.8 Å². The van der Waals surface area contributed by atoms with Crippen molar-refractivity contribution in [3.8, 4) is 17.0 Å². The van der Waals surface area contributed by atoms with Gasteiger partial charge in [0.2, 0.25) is 10.0 Å². The van der Waals surface area contributed by atoms with Gasteiger partial charge in [-0.25, -0.2) is 17.9 Å². The minimum Gasteiger partial charge on any atom is -0.497 e. The average Bonchev–Trinajstić information content (AvgIpc) is 3.23. The van der Waals surface area contributed by atoms with Gasteiger partial charge >= 0.3 is 0 Å². The van der Waals surface area contributed by atoms with Crippen molar-refractivity contribution in [3.05, 3.63) is 47.8 Å². The smallest absolute Gasteiger partial charge is 0.212 e. The molecule has 0 N–H and O–H groups in total. The second kappa shape index (κ2) is 5.77. The lowest BCUT2D eigenvalue weighted by Gasteiger charge is -2.33. The summed E-state index contributed by atoms with van der Waals surface area (Å²) in [5.41, 5.74) is 4.67. The summed E-state index contributed by atoms with van der Waals surface area (Å²) in [5.74, 6) is 0.801. The Kier molecular flexibility index (Phi) is 3.57. The number of rotatable bonds is 3. The van der Waals surface area contributed by atoms with Crippen molar-refractivity contribution in [2.24, 2.45) is 0 Å². The molecule has 0 amide bonds. The Labute approximate surface area is 157 Å². The van der Waals surface area contributed by atoms with Crippen LogP contribution in [0.25, 0.3) is 16.9 Å². The lowest BCUT2D eigenvalue weighted by molar-refractivity contribution is 0.300. The number of ether oxygens (including phenoxy) is 1. The highest BCUT2D eigenvalue weighted by Crippen LogP contribution is 2.45. The van der Waals surface area contributed by atoms with E-state index in [2.05, 4.69) is 4.98 Å². The second-order valence-electron chi connectivity index (χ2n) is 7.23. The highest BCUT2D eigenvalue weighted by molar-refractivity contribution is 7.88. The summed E-state index contributed by atoms with van der Waals surface area (Å²) in [4.78, 5) is 4.56. The van der Waals surface area contributed by atoms with Gasteiger partial charge in [-0.15, -0.1) is 0 Å². The Bertz CT molecular complexity index is 1140. The number of benzene rings is 1. The molecule has 5 rings (SSSR count). The van der Waals surface area contributed by atoms with Crippen molar-refractivity contribution in [2.75, 3.05) is 13.4 Å². The van der Waals surface area contributed by atoms with E-state index < -0.39 is 10.0 Å². The molecule has 27 heavy (non-hydrogen) atoms. The van der Waals surface area contributed by atoms with Gasteiger partial charge in [-0.05, 0) is 37.1 Å². The first-order chi connectivity index (χ1) is 13.0. The molecule has 0 saturated carbocycles. The van der Waals surface area contributed by atoms with Crippen LogP contribution in [0.5, 0.6) is 5.75 Å². The molecule has 0 unspecified atom stereocenters. The molecule has 1 aromatic carbocycles. The Morgan fingerprint density at radius 1 is 1.19 bits per heavy atom. The number of fused-ring (bicyclic) bond motifs is 6. The number of methoxy groups -OCH3 is 1. The van der Waals surface area contributed by atoms with Gasteiger partial charge in [0.25, 0.3) is 0 Å². The van der Waals surface area contributed by atoms with Crippen LogP contribution in [-0.4, -0.2) is 46.7 Å². The van der Waals surface area contributed by atoms with Crippen molar-refractivity contribution in [1.29, 1.82) is 0 Å². The van der Waals surface area contributed by atoms with Gasteiger partial charge in [0, 0.05) is 35.9 Å². The van der Waals surface area contributed by atoms with Gasteiger partial charge in [-0.1, -0.05) is 0 Å². The first-order valence-corrected chi connectivity index (χ1v) is 10.8. The topological polar surface area (TPSA) is 76.8 Å². The van der Waals surface area contributed by atoms with E-state index in [0.29, 0.717) is 6.42 Å². The van der Waals surface area contributed by atoms with E-state index in [1.807, 2.05) is 41.0 Å². The van der Waals surface area contributed by atoms with Gasteiger partial charge in [-0.3, -0.25) is 0 Å². The van der Waals surface area contributed by atoms with Crippen LogP contribution in [0, 0.1) is 0 Å². The van der Waals surface area contributed by atoms with E-state index >= 15 is 0 Å². The Morgan fingerprint density at radius 3 is 2.67 bits per heavy atom. The standard InChI is InChI=1S/C19H20N4O3S/c1-26-14-6-3-12(4-7-14)16-10-19-20-11-15-17-8-5-13(23(17)27(2,24)25)9-18(15)22(19)21-16/h3-4,6-7,10-11,13,17H,5,8-9H2,1-2H3/t13-,17+/m1/s1. The van der Waals surface area contributed by atoms with E-state index in [1.165, 1.54) is 6.26 Å². The molecule has 1 fully saturated rings. The summed E-state index contributed by atoms with van der Waals surface area (Å²) in [6, 6.07) is 9.62. The number of nitrogens with zero attached hydrogens (tertiary/aromatic N) is 4. The monoisotopic (exact) mass is 384 g/mol. The number of sulfonamides is 1.